The lowest BCUT2D eigenvalue weighted by Gasteiger charge is -2.18. The molecular formula is C96H144O12. The van der Waals surface area contributed by atoms with Gasteiger partial charge in [0.25, 0.3) is 0 Å². The highest BCUT2D eigenvalue weighted by Gasteiger charge is 2.24. The molecule has 0 saturated heterocycles. The Bertz CT molecular complexity index is 2750. The van der Waals surface area contributed by atoms with Crippen LogP contribution >= 0.6 is 0 Å². The number of carbonyl (C=O) groups is 6. The van der Waals surface area contributed by atoms with Gasteiger partial charge in [0, 0.05) is 36.5 Å². The van der Waals surface area contributed by atoms with Crippen molar-refractivity contribution in [2.24, 2.45) is 0 Å². The average Bonchev–Trinajstić information content (AvgIpc) is 0.725. The first-order chi connectivity index (χ1) is 53.0. The maximum atomic E-state index is 14.1. The molecule has 108 heavy (non-hydrogen) atoms. The maximum Gasteiger partial charge on any atom is 0.335 e. The Balaban J connectivity index is 1.98. The highest BCUT2D eigenvalue weighted by molar-refractivity contribution is 6.27. The molecule has 0 radical (unpaired) electrons. The van der Waals surface area contributed by atoms with E-state index in [-0.39, 0.29) is 34.5 Å². The molecule has 0 aliphatic carbocycles. The normalized spacial score (nSPS) is 11.9. The van der Waals surface area contributed by atoms with Gasteiger partial charge in [-0.25, -0.2) is 28.8 Å². The standard InChI is InChI=1S/C96H144O12/c1-7-13-19-25-31-37-43-49-55-61-67-91(97)103-85-73-79-80(74-86(85)104-92(98)68-62-56-50-44-38-32-26-20-14-8-2)82-76-88(106-94(100)70-64-58-52-46-40-34-28-22-16-10-4)90(108-96(102)72-66-60-54-48-42-36-30-24-18-12-6)78-84(82)83-77-89(107-95(101)71-65-59-53-47-41-35-29-23-17-11-5)87(75-81(79)83)105-93(99)69-63-57-51-45-39-33-27-21-15-9-3/h61-78H,7-60H2,1-6H3. The number of allylic oxidation sites excluding steroid dienone is 6. The highest BCUT2D eigenvalue weighted by atomic mass is 16.6. The first kappa shape index (κ1) is 93.3. The maximum absolute atomic E-state index is 14.1. The summed E-state index contributed by atoms with van der Waals surface area (Å²) in [6, 6.07) is 9.71. The van der Waals surface area contributed by atoms with Gasteiger partial charge in [0.2, 0.25) is 0 Å². The molecule has 0 unspecified atom stereocenters. The number of esters is 6. The summed E-state index contributed by atoms with van der Waals surface area (Å²) in [4.78, 5) is 84.8. The average molecular weight is 1490 g/mol. The van der Waals surface area contributed by atoms with Crippen LogP contribution in [0, 0.1) is 0 Å². The smallest absolute Gasteiger partial charge is 0.335 e. The van der Waals surface area contributed by atoms with Crippen molar-refractivity contribution in [2.75, 3.05) is 0 Å². The fraction of sp³-hybridized carbons (Fsp3) is 0.625. The molecule has 0 amide bonds. The Hall–Kier alpha value is -7.08. The molecule has 4 aromatic carbocycles. The van der Waals surface area contributed by atoms with Crippen molar-refractivity contribution in [1.82, 2.24) is 0 Å². The number of ether oxygens (including phenoxy) is 6. The van der Waals surface area contributed by atoms with Crippen molar-refractivity contribution in [2.45, 2.75) is 388 Å². The number of hydrogen-bond donors (Lipinski definition) is 0. The SMILES string of the molecule is CCCCCCCCCCC=CC(=O)Oc1cc2c3cc(OC(=O)C=CCCCCCCCCCC)c(OC(=O)C=CCCCCCCCCCC)cc3c3cc(OC(=O)C=CCCCCCCCCCC)c(OC(=O)C=CCCCCCCCCCC)cc3c2cc1OC(=O)C=CCCCCCCCCCC. The summed E-state index contributed by atoms with van der Waals surface area (Å²) in [7, 11) is 0. The van der Waals surface area contributed by atoms with Crippen LogP contribution in [0.25, 0.3) is 32.3 Å². The minimum absolute atomic E-state index is 0.0631. The molecule has 0 aliphatic heterocycles. The molecule has 12 nitrogen and oxygen atoms in total. The van der Waals surface area contributed by atoms with E-state index in [1.54, 1.807) is 36.4 Å². The lowest BCUT2D eigenvalue weighted by Crippen LogP contribution is -2.10. The fourth-order valence-electron chi connectivity index (χ4n) is 13.8. The van der Waals surface area contributed by atoms with E-state index in [1.165, 1.54) is 229 Å². The van der Waals surface area contributed by atoms with Gasteiger partial charge >= 0.3 is 35.8 Å². The molecule has 0 heterocycles. The number of hydrogen-bond acceptors (Lipinski definition) is 12. The third kappa shape index (κ3) is 42.8. The van der Waals surface area contributed by atoms with Gasteiger partial charge in [-0.15, -0.1) is 0 Å². The summed E-state index contributed by atoms with van der Waals surface area (Å²) in [5.41, 5.74) is 0. The number of rotatable bonds is 66. The van der Waals surface area contributed by atoms with Crippen LogP contribution in [0.4, 0.5) is 0 Å². The minimum atomic E-state index is -0.678. The number of unbranched alkanes of at least 4 members (excludes halogenated alkanes) is 48. The van der Waals surface area contributed by atoms with Crippen LogP contribution in [0.1, 0.15) is 388 Å². The molecule has 12 heteroatoms. The molecule has 0 fully saturated rings. The van der Waals surface area contributed by atoms with Gasteiger partial charge in [0.05, 0.1) is 0 Å². The third-order valence-electron chi connectivity index (χ3n) is 20.3. The van der Waals surface area contributed by atoms with Crippen molar-refractivity contribution in [1.29, 1.82) is 0 Å². The van der Waals surface area contributed by atoms with Crippen LogP contribution in [0.5, 0.6) is 34.5 Å². The first-order valence-electron chi connectivity index (χ1n) is 43.8. The van der Waals surface area contributed by atoms with Crippen molar-refractivity contribution >= 4 is 68.1 Å². The zero-order chi connectivity index (χ0) is 77.5. The van der Waals surface area contributed by atoms with E-state index in [2.05, 4.69) is 41.5 Å². The van der Waals surface area contributed by atoms with Crippen molar-refractivity contribution in [3.8, 4) is 34.5 Å². The van der Waals surface area contributed by atoms with Crippen molar-refractivity contribution in [3.05, 3.63) is 109 Å². The van der Waals surface area contributed by atoms with Gasteiger partial charge in [0.1, 0.15) is 0 Å². The lowest BCUT2D eigenvalue weighted by molar-refractivity contribution is -0.131. The van der Waals surface area contributed by atoms with Gasteiger partial charge in [-0.1, -0.05) is 348 Å². The van der Waals surface area contributed by atoms with E-state index >= 15 is 0 Å². The predicted molar refractivity (Wildman–Crippen MR) is 451 cm³/mol. The summed E-state index contributed by atoms with van der Waals surface area (Å²) in [5.74, 6) is -4.45. The molecule has 4 aromatic rings. The Labute approximate surface area is 653 Å². The topological polar surface area (TPSA) is 158 Å². The van der Waals surface area contributed by atoms with Gasteiger partial charge in [0.15, 0.2) is 34.5 Å². The zero-order valence-corrected chi connectivity index (χ0v) is 68.5. The molecule has 0 spiro atoms. The summed E-state index contributed by atoms with van der Waals surface area (Å²) in [6.45, 7) is 13.3. The molecule has 4 rings (SSSR count). The van der Waals surface area contributed by atoms with E-state index in [1.807, 2.05) is 36.5 Å². The van der Waals surface area contributed by atoms with E-state index < -0.39 is 35.8 Å². The second kappa shape index (κ2) is 62.7. The second-order valence-corrected chi connectivity index (χ2v) is 30.1. The molecule has 0 bridgehead atoms. The predicted octanol–water partition coefficient (Wildman–Crippen LogP) is 29.1. The lowest BCUT2D eigenvalue weighted by atomic mass is 9.93. The monoisotopic (exact) mass is 1490 g/mol. The molecule has 0 aliphatic rings. The van der Waals surface area contributed by atoms with Crippen LogP contribution < -0.4 is 28.4 Å². The second-order valence-electron chi connectivity index (χ2n) is 30.1. The highest BCUT2D eigenvalue weighted by Crippen LogP contribution is 2.48. The molecule has 0 saturated carbocycles. The van der Waals surface area contributed by atoms with Gasteiger partial charge in [-0.3, -0.25) is 0 Å². The summed E-state index contributed by atoms with van der Waals surface area (Å²) in [5, 5.41) is 2.64. The van der Waals surface area contributed by atoms with Crippen LogP contribution in [-0.2, 0) is 28.8 Å². The number of carbonyl (C=O) groups excluding carboxylic acids is 6. The summed E-state index contributed by atoms with van der Waals surface area (Å²) in [6.07, 6.45) is 78.6. The fourth-order valence-corrected chi connectivity index (χ4v) is 13.8. The van der Waals surface area contributed by atoms with Crippen molar-refractivity contribution < 1.29 is 57.2 Å². The van der Waals surface area contributed by atoms with Gasteiger partial charge in [-0.05, 0) is 146 Å². The molecule has 0 atom stereocenters. The number of benzene rings is 4. The Kier molecular flexibility index (Phi) is 54.1. The molecule has 600 valence electrons. The molecule has 0 aromatic heterocycles. The van der Waals surface area contributed by atoms with Crippen LogP contribution in [-0.4, -0.2) is 35.8 Å². The van der Waals surface area contributed by atoms with Gasteiger partial charge < -0.3 is 28.4 Å². The third-order valence-corrected chi connectivity index (χ3v) is 20.3. The molecule has 0 N–H and O–H groups in total. The van der Waals surface area contributed by atoms with E-state index in [0.717, 1.165) is 116 Å². The largest absolute Gasteiger partial charge is 0.419 e. The summed E-state index contributed by atoms with van der Waals surface area (Å²) < 4.78 is 37.4. The first-order valence-corrected chi connectivity index (χ1v) is 43.8. The Morgan fingerprint density at radius 1 is 0.185 bits per heavy atom. The minimum Gasteiger partial charge on any atom is -0.419 e. The van der Waals surface area contributed by atoms with Crippen LogP contribution in [0.15, 0.2) is 109 Å². The van der Waals surface area contributed by atoms with Crippen LogP contribution in [0.3, 0.4) is 0 Å². The quantitative estimate of drug-likeness (QED) is 0.0136. The zero-order valence-electron chi connectivity index (χ0n) is 68.5. The summed E-state index contributed by atoms with van der Waals surface area (Å²) >= 11 is 0. The van der Waals surface area contributed by atoms with E-state index in [9.17, 15) is 28.8 Å². The molecular weight excluding hydrogens is 1350 g/mol. The van der Waals surface area contributed by atoms with E-state index in [0.29, 0.717) is 70.8 Å². The van der Waals surface area contributed by atoms with Gasteiger partial charge in [-0.2, -0.15) is 0 Å². The van der Waals surface area contributed by atoms with E-state index in [4.69, 9.17) is 28.4 Å². The Morgan fingerprint density at radius 2 is 0.296 bits per heavy atom. The van der Waals surface area contributed by atoms with Crippen LogP contribution in [0.2, 0.25) is 0 Å². The Morgan fingerprint density at radius 3 is 0.417 bits per heavy atom. The van der Waals surface area contributed by atoms with Crippen molar-refractivity contribution in [3.63, 3.8) is 0 Å². The number of fused-ring (bicyclic) bond motifs is 6.